The van der Waals surface area contributed by atoms with E-state index in [9.17, 15) is 9.59 Å². The molecule has 0 aromatic carbocycles. The quantitative estimate of drug-likeness (QED) is 0.0462. The van der Waals surface area contributed by atoms with Gasteiger partial charge in [0.1, 0.15) is 0 Å². The van der Waals surface area contributed by atoms with Crippen molar-refractivity contribution >= 4 is 33.8 Å². The van der Waals surface area contributed by atoms with Crippen LogP contribution in [0.4, 0.5) is 0 Å². The van der Waals surface area contributed by atoms with Gasteiger partial charge in [-0.25, -0.2) is 12.6 Å². The average molecular weight is 766 g/mol. The summed E-state index contributed by atoms with van der Waals surface area (Å²) in [5, 5.41) is 0.317. The van der Waals surface area contributed by atoms with Crippen molar-refractivity contribution in [3.05, 3.63) is 12.8 Å². The third kappa shape index (κ3) is 29.5. The van der Waals surface area contributed by atoms with Crippen LogP contribution >= 0.6 is 21.9 Å². The zero-order valence-corrected chi connectivity index (χ0v) is 28.6. The summed E-state index contributed by atoms with van der Waals surface area (Å²) in [4.78, 5) is 23.6. The van der Waals surface area contributed by atoms with Crippen molar-refractivity contribution < 1.29 is 70.1 Å². The average Bonchev–Trinajstić information content (AvgIpc) is 2.73. The van der Waals surface area contributed by atoms with Gasteiger partial charge < -0.3 is 22.3 Å². The number of unbranched alkanes of at least 4 members (excludes halogenated alkanes) is 4. The Morgan fingerprint density at radius 2 is 1.45 bits per heavy atom. The second-order valence-corrected chi connectivity index (χ2v) is 10.1. The van der Waals surface area contributed by atoms with Gasteiger partial charge in [-0.15, -0.1) is 14.5 Å². The van der Waals surface area contributed by atoms with E-state index in [1.807, 2.05) is 13.8 Å². The van der Waals surface area contributed by atoms with Crippen molar-refractivity contribution in [3.8, 4) is 0 Å². The number of carbonyl (C=O) groups is 2. The molecule has 5 unspecified atom stereocenters. The van der Waals surface area contributed by atoms with Crippen molar-refractivity contribution in [2.24, 2.45) is 5.92 Å². The van der Waals surface area contributed by atoms with Crippen LogP contribution in [-0.2, 0) is 37.6 Å². The van der Waals surface area contributed by atoms with Crippen LogP contribution in [0.1, 0.15) is 106 Å². The predicted octanol–water partition coefficient (Wildman–Crippen LogP) is 6.77. The van der Waals surface area contributed by atoms with Crippen LogP contribution in [0.25, 0.3) is 0 Å². The normalized spacial score (nSPS) is 14.6. The standard InChI is InChI=1S/C25H47O4PS.U.V/c1-4-23(30)16-9-11-20-29-25(27)18-12-14-21(2)13-7-8-17-24(26)28-19-10-5-6-15-22(3)31;;/h13,15,21-23,31H,4-12,14,16-20,30H2,1-3H3;;/q-2;;/i4T;;. The van der Waals surface area contributed by atoms with E-state index in [4.69, 9.17) is 10.8 Å². The summed E-state index contributed by atoms with van der Waals surface area (Å²) < 4.78 is 18.2. The zero-order valence-electron chi connectivity index (χ0n) is 22.0. The molecule has 5 atom stereocenters. The summed E-state index contributed by atoms with van der Waals surface area (Å²) in [5.74, 6) is 0.201. The molecule has 0 heterocycles. The molecule has 0 aromatic rings. The molecule has 0 aliphatic rings. The monoisotopic (exact) mass is 765 g/mol. The molecule has 0 fully saturated rings. The SMILES string of the molecule is [3H]C(C)C(P)CCCCOC(=O)CCCC(C)[CH-]CCCC(=O)OCCCC[CH-]C(C)S.[U].[V]. The summed E-state index contributed by atoms with van der Waals surface area (Å²) in [6.07, 6.45) is 14.5. The molecule has 0 aliphatic carbocycles. The Bertz CT molecular complexity index is 490. The largest absolute Gasteiger partial charge is 0.466 e. The van der Waals surface area contributed by atoms with Crippen LogP contribution < -0.4 is 0 Å². The summed E-state index contributed by atoms with van der Waals surface area (Å²) in [6, 6.07) is 0. The molecule has 0 bridgehead atoms. The number of hydrogen-bond donors (Lipinski definition) is 1. The molecule has 33 heavy (non-hydrogen) atoms. The van der Waals surface area contributed by atoms with Gasteiger partial charge in [0.25, 0.3) is 0 Å². The maximum absolute atomic E-state index is 11.8. The molecule has 0 aromatic heterocycles. The molecule has 0 saturated carbocycles. The third-order valence-corrected chi connectivity index (χ3v) is 6.12. The predicted molar refractivity (Wildman–Crippen MR) is 137 cm³/mol. The van der Waals surface area contributed by atoms with Crippen molar-refractivity contribution in [2.75, 3.05) is 13.2 Å². The summed E-state index contributed by atoms with van der Waals surface area (Å²) in [7, 11) is 2.72. The first-order valence-electron chi connectivity index (χ1n) is 12.6. The van der Waals surface area contributed by atoms with Gasteiger partial charge in [0, 0.05) is 63.9 Å². The van der Waals surface area contributed by atoms with E-state index < -0.39 is 0 Å². The van der Waals surface area contributed by atoms with E-state index >= 15 is 0 Å². The van der Waals surface area contributed by atoms with Crippen LogP contribution in [0, 0.1) is 49.9 Å². The van der Waals surface area contributed by atoms with Gasteiger partial charge in [-0.1, -0.05) is 40.0 Å². The van der Waals surface area contributed by atoms with E-state index in [0.29, 0.717) is 42.9 Å². The molecule has 0 N–H and O–H groups in total. The first-order valence-corrected chi connectivity index (χ1v) is 13.2. The number of esters is 2. The number of carbonyl (C=O) groups excluding carboxylic acids is 2. The summed E-state index contributed by atoms with van der Waals surface area (Å²) in [5.41, 5.74) is 0.315. The van der Waals surface area contributed by atoms with Crippen LogP contribution in [0.5, 0.6) is 0 Å². The number of hydrogen-bond acceptors (Lipinski definition) is 5. The molecule has 0 saturated heterocycles. The topological polar surface area (TPSA) is 52.6 Å². The van der Waals surface area contributed by atoms with Crippen molar-refractivity contribution in [2.45, 2.75) is 115 Å². The first kappa shape index (κ1) is 36.5. The minimum atomic E-state index is -0.116. The Morgan fingerprint density at radius 3 is 2.03 bits per heavy atom. The van der Waals surface area contributed by atoms with Gasteiger partial charge in [0.15, 0.2) is 0 Å². The van der Waals surface area contributed by atoms with Gasteiger partial charge in [-0.3, -0.25) is 9.59 Å². The molecule has 193 valence electrons. The molecule has 4 nitrogen and oxygen atoms in total. The van der Waals surface area contributed by atoms with Gasteiger partial charge >= 0.3 is 11.9 Å². The zero-order chi connectivity index (χ0) is 24.2. The van der Waals surface area contributed by atoms with Crippen LogP contribution in [0.2, 0.25) is 0 Å². The smallest absolute Gasteiger partial charge is 0.305 e. The molecule has 8 heteroatoms. The van der Waals surface area contributed by atoms with E-state index in [0.717, 1.165) is 64.2 Å². The van der Waals surface area contributed by atoms with Crippen LogP contribution in [0.3, 0.4) is 0 Å². The van der Waals surface area contributed by atoms with Crippen molar-refractivity contribution in [3.63, 3.8) is 0 Å². The maximum atomic E-state index is 11.8. The molecule has 0 spiro atoms. The fourth-order valence-electron chi connectivity index (χ4n) is 3.11. The van der Waals surface area contributed by atoms with Crippen molar-refractivity contribution in [1.82, 2.24) is 0 Å². The Morgan fingerprint density at radius 1 is 0.909 bits per heavy atom. The van der Waals surface area contributed by atoms with E-state index in [2.05, 4.69) is 41.6 Å². The molecule has 0 aliphatic heterocycles. The number of thiol groups is 1. The third-order valence-electron chi connectivity index (χ3n) is 5.19. The molecule has 0 amide bonds. The second-order valence-electron chi connectivity index (χ2n) is 8.40. The Kier molecular flexibility index (Phi) is 30.9. The molecular weight excluding hydrogens is 716 g/mol. The van der Waals surface area contributed by atoms with Gasteiger partial charge in [0.05, 0.1) is 13.2 Å². The minimum Gasteiger partial charge on any atom is -0.466 e. The Labute approximate surface area is 249 Å². The van der Waals surface area contributed by atoms with E-state index in [-0.39, 0.29) is 68.0 Å². The van der Waals surface area contributed by atoms with Gasteiger partial charge in [0.2, 0.25) is 0 Å². The summed E-state index contributed by atoms with van der Waals surface area (Å²) >= 11 is 4.30. The molecule has 1 radical (unpaired) electrons. The maximum Gasteiger partial charge on any atom is 0.305 e. The molecular formula is C25H47O4PSUV-2. The molecule has 0 rings (SSSR count). The Balaban J connectivity index is -0.00000480. The Hall–Kier alpha value is 1.36. The fourth-order valence-corrected chi connectivity index (χ4v) is 3.49. The first-order chi connectivity index (χ1) is 15.2. The summed E-state index contributed by atoms with van der Waals surface area (Å²) in [6.45, 7) is 7.08. The minimum absolute atomic E-state index is 0. The number of ether oxygens (including phenoxy) is 2. The fraction of sp³-hybridized carbons (Fsp3) is 0.840. The van der Waals surface area contributed by atoms with Gasteiger partial charge in [-0.2, -0.15) is 18.8 Å². The number of rotatable bonds is 21. The second kappa shape index (κ2) is 27.9. The van der Waals surface area contributed by atoms with Gasteiger partial charge in [-0.05, 0) is 44.2 Å². The van der Waals surface area contributed by atoms with Crippen LogP contribution in [-0.4, -0.2) is 36.1 Å². The van der Waals surface area contributed by atoms with E-state index in [1.165, 1.54) is 0 Å². The van der Waals surface area contributed by atoms with Crippen molar-refractivity contribution in [1.29, 1.82) is 0 Å². The van der Waals surface area contributed by atoms with Crippen LogP contribution in [0.15, 0.2) is 0 Å². The van der Waals surface area contributed by atoms with E-state index in [1.54, 1.807) is 0 Å².